The van der Waals surface area contributed by atoms with Crippen LogP contribution in [0.4, 0.5) is 0 Å². The van der Waals surface area contributed by atoms with E-state index in [-0.39, 0.29) is 0 Å². The van der Waals surface area contributed by atoms with Gasteiger partial charge in [-0.15, -0.1) is 0 Å². The molecule has 0 saturated heterocycles. The van der Waals surface area contributed by atoms with E-state index in [4.69, 9.17) is 1.37 Å². The van der Waals surface area contributed by atoms with Crippen LogP contribution in [0.3, 0.4) is 0 Å². The fourth-order valence-corrected chi connectivity index (χ4v) is 2.06. The number of pyridine rings is 1. The lowest BCUT2D eigenvalue weighted by atomic mass is 10.0. The summed E-state index contributed by atoms with van der Waals surface area (Å²) in [5.41, 5.74) is 4.30. The molecule has 3 aromatic rings. The Morgan fingerprint density at radius 2 is 1.82 bits per heavy atom. The highest BCUT2D eigenvalue weighted by Gasteiger charge is 2.03. The lowest BCUT2D eigenvalue weighted by Gasteiger charge is -2.06. The van der Waals surface area contributed by atoms with E-state index in [0.717, 1.165) is 22.0 Å². The molecule has 0 aliphatic heterocycles. The van der Waals surface area contributed by atoms with E-state index in [1.165, 1.54) is 5.56 Å². The fraction of sp³-hybridized carbons (Fsp3) is 0.0625. The van der Waals surface area contributed by atoms with Crippen LogP contribution in [0.25, 0.3) is 22.0 Å². The molecule has 0 aliphatic rings. The topological polar surface area (TPSA) is 12.9 Å². The van der Waals surface area contributed by atoms with Crippen molar-refractivity contribution in [1.29, 1.82) is 0 Å². The van der Waals surface area contributed by atoms with Gasteiger partial charge >= 0.3 is 0 Å². The van der Waals surface area contributed by atoms with E-state index >= 15 is 0 Å². The highest BCUT2D eigenvalue weighted by Crippen LogP contribution is 2.27. The Morgan fingerprint density at radius 3 is 2.65 bits per heavy atom. The van der Waals surface area contributed by atoms with E-state index in [0.29, 0.717) is 6.17 Å². The third kappa shape index (κ3) is 1.80. The van der Waals surface area contributed by atoms with Gasteiger partial charge in [-0.1, -0.05) is 42.0 Å². The van der Waals surface area contributed by atoms with Gasteiger partial charge in [0.05, 0.1) is 6.89 Å². The molecular formula is C16H13N. The van der Waals surface area contributed by atoms with Crippen LogP contribution in [-0.2, 0) is 0 Å². The van der Waals surface area contributed by atoms with Crippen molar-refractivity contribution in [2.75, 3.05) is 0 Å². The minimum atomic E-state index is 0.310. The molecule has 0 spiro atoms. The molecule has 0 fully saturated rings. The predicted molar refractivity (Wildman–Crippen MR) is 71.9 cm³/mol. The van der Waals surface area contributed by atoms with Crippen molar-refractivity contribution >= 4 is 10.9 Å². The lowest BCUT2D eigenvalue weighted by Crippen LogP contribution is -1.85. The molecule has 82 valence electrons. The SMILES string of the molecule is [2H]c1cc(-c2ccccc2)c2cc(C)ccc2n1. The Balaban J connectivity index is 2.37. The van der Waals surface area contributed by atoms with Crippen molar-refractivity contribution in [2.24, 2.45) is 0 Å². The number of rotatable bonds is 1. The van der Waals surface area contributed by atoms with Gasteiger partial charge in [-0.3, -0.25) is 4.98 Å². The third-order valence-corrected chi connectivity index (χ3v) is 2.92. The first-order valence-electron chi connectivity index (χ1n) is 6.17. The smallest absolute Gasteiger partial charge is 0.0840 e. The molecule has 0 saturated carbocycles. The van der Waals surface area contributed by atoms with Crippen LogP contribution in [-0.4, -0.2) is 4.98 Å². The van der Waals surface area contributed by atoms with Gasteiger partial charge in [-0.25, -0.2) is 0 Å². The van der Waals surface area contributed by atoms with Crippen molar-refractivity contribution in [2.45, 2.75) is 6.92 Å². The zero-order valence-corrected chi connectivity index (χ0v) is 9.64. The van der Waals surface area contributed by atoms with Crippen molar-refractivity contribution in [3.8, 4) is 11.1 Å². The van der Waals surface area contributed by atoms with Crippen molar-refractivity contribution in [3.63, 3.8) is 0 Å². The number of hydrogen-bond acceptors (Lipinski definition) is 1. The van der Waals surface area contributed by atoms with Gasteiger partial charge in [0.1, 0.15) is 0 Å². The number of benzene rings is 2. The molecule has 1 heteroatoms. The van der Waals surface area contributed by atoms with Crippen molar-refractivity contribution < 1.29 is 1.37 Å². The summed E-state index contributed by atoms with van der Waals surface area (Å²) in [6.45, 7) is 2.07. The fourth-order valence-electron chi connectivity index (χ4n) is 2.06. The quantitative estimate of drug-likeness (QED) is 0.598. The van der Waals surface area contributed by atoms with Crippen LogP contribution >= 0.6 is 0 Å². The van der Waals surface area contributed by atoms with E-state index < -0.39 is 0 Å². The van der Waals surface area contributed by atoms with Crippen LogP contribution in [0.5, 0.6) is 0 Å². The molecule has 0 unspecified atom stereocenters. The summed E-state index contributed by atoms with van der Waals surface area (Å²) >= 11 is 0. The van der Waals surface area contributed by atoms with Gasteiger partial charge in [0.25, 0.3) is 0 Å². The summed E-state index contributed by atoms with van der Waals surface area (Å²) in [5, 5.41) is 1.11. The highest BCUT2D eigenvalue weighted by atomic mass is 14.6. The number of nitrogens with zero attached hydrogens (tertiary/aromatic N) is 1. The van der Waals surface area contributed by atoms with Gasteiger partial charge < -0.3 is 0 Å². The predicted octanol–water partition coefficient (Wildman–Crippen LogP) is 4.21. The normalized spacial score (nSPS) is 11.5. The van der Waals surface area contributed by atoms with Crippen LogP contribution in [0.2, 0.25) is 0 Å². The minimum absolute atomic E-state index is 0.310. The monoisotopic (exact) mass is 220 g/mol. The summed E-state index contributed by atoms with van der Waals surface area (Å²) < 4.78 is 7.81. The lowest BCUT2D eigenvalue weighted by molar-refractivity contribution is 1.39. The zero-order chi connectivity index (χ0) is 12.5. The Morgan fingerprint density at radius 1 is 1.00 bits per heavy atom. The van der Waals surface area contributed by atoms with E-state index in [1.54, 1.807) is 0 Å². The first-order valence-corrected chi connectivity index (χ1v) is 5.67. The number of aryl methyl sites for hydroxylation is 1. The molecule has 0 amide bonds. The summed E-state index contributed by atoms with van der Waals surface area (Å²) in [7, 11) is 0. The van der Waals surface area contributed by atoms with Gasteiger partial charge in [0.15, 0.2) is 0 Å². The van der Waals surface area contributed by atoms with Crippen LogP contribution < -0.4 is 0 Å². The molecule has 1 nitrogen and oxygen atoms in total. The summed E-state index contributed by atoms with van der Waals surface area (Å²) in [6.07, 6.45) is 0.310. The van der Waals surface area contributed by atoms with Gasteiger partial charge in [-0.05, 0) is 36.2 Å². The average Bonchev–Trinajstić information content (AvgIpc) is 2.39. The Labute approximate surface area is 102 Å². The first-order chi connectivity index (χ1) is 8.74. The van der Waals surface area contributed by atoms with Gasteiger partial charge in [0.2, 0.25) is 0 Å². The maximum atomic E-state index is 7.81. The third-order valence-electron chi connectivity index (χ3n) is 2.92. The second-order valence-corrected chi connectivity index (χ2v) is 4.19. The maximum Gasteiger partial charge on any atom is 0.0840 e. The zero-order valence-electron chi connectivity index (χ0n) is 10.6. The number of fused-ring (bicyclic) bond motifs is 1. The minimum Gasteiger partial charge on any atom is -0.256 e. The van der Waals surface area contributed by atoms with Crippen LogP contribution in [0.15, 0.2) is 60.8 Å². The standard InChI is InChI=1S/C16H13N/c1-12-7-8-16-15(11-12)14(9-10-17-16)13-5-3-2-4-6-13/h2-11H,1H3/i10D. The number of hydrogen-bond donors (Lipinski definition) is 0. The molecule has 0 radical (unpaired) electrons. The first kappa shape index (κ1) is 8.94. The average molecular weight is 220 g/mol. The molecule has 1 heterocycles. The second kappa shape index (κ2) is 4.02. The molecule has 17 heavy (non-hydrogen) atoms. The van der Waals surface area contributed by atoms with Crippen LogP contribution in [0, 0.1) is 6.92 Å². The highest BCUT2D eigenvalue weighted by molar-refractivity contribution is 5.94. The largest absolute Gasteiger partial charge is 0.256 e. The van der Waals surface area contributed by atoms with E-state index in [9.17, 15) is 0 Å². The summed E-state index contributed by atoms with van der Waals surface area (Å²) in [6, 6.07) is 18.1. The maximum absolute atomic E-state index is 7.81. The molecule has 3 rings (SSSR count). The Hall–Kier alpha value is -2.15. The van der Waals surface area contributed by atoms with E-state index in [1.807, 2.05) is 36.4 Å². The van der Waals surface area contributed by atoms with Crippen LogP contribution in [0.1, 0.15) is 6.93 Å². The summed E-state index contributed by atoms with van der Waals surface area (Å²) in [5.74, 6) is 0. The second-order valence-electron chi connectivity index (χ2n) is 4.19. The Kier molecular flexibility index (Phi) is 2.11. The van der Waals surface area contributed by atoms with E-state index in [2.05, 4.69) is 30.1 Å². The number of aromatic nitrogens is 1. The van der Waals surface area contributed by atoms with Gasteiger partial charge in [0, 0.05) is 11.6 Å². The molecule has 0 N–H and O–H groups in total. The molecular weight excluding hydrogens is 206 g/mol. The molecule has 2 aromatic carbocycles. The molecule has 1 aromatic heterocycles. The van der Waals surface area contributed by atoms with Crippen molar-refractivity contribution in [1.82, 2.24) is 4.98 Å². The molecule has 0 aliphatic carbocycles. The van der Waals surface area contributed by atoms with Gasteiger partial charge in [-0.2, -0.15) is 0 Å². The molecule has 0 bridgehead atoms. The molecule has 0 atom stereocenters. The summed E-state index contributed by atoms with van der Waals surface area (Å²) in [4.78, 5) is 4.27. The Bertz CT molecular complexity index is 705. The van der Waals surface area contributed by atoms with Crippen molar-refractivity contribution in [3.05, 3.63) is 66.3 Å².